The Morgan fingerprint density at radius 3 is 1.21 bits per heavy atom. The van der Waals surface area contributed by atoms with Crippen LogP contribution in [0.3, 0.4) is 0 Å². The molecule has 0 amide bonds. The molecule has 0 saturated carbocycles. The quantitative estimate of drug-likeness (QED) is 0.181. The Morgan fingerprint density at radius 1 is 0.368 bits per heavy atom. The molecule has 3 aromatic heterocycles. The van der Waals surface area contributed by atoms with Crippen LogP contribution < -0.4 is 0 Å². The number of hydrogen-bond donors (Lipinski definition) is 0. The summed E-state index contributed by atoms with van der Waals surface area (Å²) in [4.78, 5) is 15.1. The molecule has 2 aliphatic rings. The van der Waals surface area contributed by atoms with E-state index in [4.69, 9.17) is 31.4 Å². The molecular formula is C52H31N5. The van der Waals surface area contributed by atoms with Crippen LogP contribution in [0.4, 0.5) is 0 Å². The van der Waals surface area contributed by atoms with Crippen LogP contribution in [-0.2, 0) is 5.41 Å². The third-order valence-electron chi connectivity index (χ3n) is 11.3. The lowest BCUT2D eigenvalue weighted by Gasteiger charge is -2.30. The maximum absolute atomic E-state index is 9.33. The van der Waals surface area contributed by atoms with Gasteiger partial charge in [0.2, 0.25) is 11.9 Å². The molecule has 0 bridgehead atoms. The summed E-state index contributed by atoms with van der Waals surface area (Å²) in [6.45, 7) is 0. The summed E-state index contributed by atoms with van der Waals surface area (Å²) in [6, 6.07) is 19.5. The Kier molecular flexibility index (Phi) is 3.80. The van der Waals surface area contributed by atoms with E-state index in [1.165, 1.54) is 0 Å². The Morgan fingerprint density at radius 2 is 0.737 bits per heavy atom. The number of hydrogen-bond acceptors (Lipinski definition) is 3. The van der Waals surface area contributed by atoms with E-state index in [1.54, 1.807) is 6.07 Å². The van der Waals surface area contributed by atoms with Crippen LogP contribution in [-0.4, -0.2) is 24.1 Å². The fraction of sp³-hybridized carbons (Fsp3) is 0.0192. The van der Waals surface area contributed by atoms with Crippen LogP contribution in [0.15, 0.2) is 188 Å². The zero-order chi connectivity index (χ0) is 51.2. The van der Waals surface area contributed by atoms with Gasteiger partial charge in [0.1, 0.15) is 0 Å². The molecule has 13 rings (SSSR count). The van der Waals surface area contributed by atoms with Gasteiger partial charge in [-0.2, -0.15) is 15.0 Å². The van der Waals surface area contributed by atoms with E-state index in [0.29, 0.717) is 11.1 Å². The Bertz CT molecular complexity index is 4050. The molecule has 5 nitrogen and oxygen atoms in total. The van der Waals surface area contributed by atoms with Crippen molar-refractivity contribution in [2.45, 2.75) is 5.41 Å². The molecule has 264 valence electrons. The zero-order valence-electron chi connectivity index (χ0n) is 45.4. The van der Waals surface area contributed by atoms with Crippen molar-refractivity contribution in [1.29, 1.82) is 0 Å². The monoisotopic (exact) mass is 741 g/mol. The van der Waals surface area contributed by atoms with Crippen molar-refractivity contribution in [3.63, 3.8) is 0 Å². The number of para-hydroxylation sites is 4. The Balaban J connectivity index is 1.25. The van der Waals surface area contributed by atoms with Gasteiger partial charge in [0, 0.05) is 27.1 Å². The average Bonchev–Trinajstić information content (AvgIpc) is 4.14. The first-order valence-corrected chi connectivity index (χ1v) is 18.2. The second-order valence-electron chi connectivity index (χ2n) is 13.9. The van der Waals surface area contributed by atoms with Crippen LogP contribution >= 0.6 is 0 Å². The first kappa shape index (κ1) is 19.3. The van der Waals surface area contributed by atoms with Gasteiger partial charge in [0.05, 0.1) is 49.4 Å². The van der Waals surface area contributed by atoms with Gasteiger partial charge < -0.3 is 0 Å². The third-order valence-corrected chi connectivity index (χ3v) is 11.3. The highest BCUT2D eigenvalue weighted by Crippen LogP contribution is 2.63. The number of benzene rings is 8. The van der Waals surface area contributed by atoms with Gasteiger partial charge in [-0.3, -0.25) is 9.13 Å². The fourth-order valence-electron chi connectivity index (χ4n) is 9.25. The predicted octanol–water partition coefficient (Wildman–Crippen LogP) is 12.1. The van der Waals surface area contributed by atoms with Gasteiger partial charge in [-0.25, -0.2) is 0 Å². The van der Waals surface area contributed by atoms with E-state index in [2.05, 4.69) is 30.3 Å². The van der Waals surface area contributed by atoms with Gasteiger partial charge >= 0.3 is 0 Å². The van der Waals surface area contributed by atoms with E-state index in [9.17, 15) is 5.48 Å². The minimum atomic E-state index is -0.855. The minimum Gasteiger partial charge on any atom is -0.278 e. The third kappa shape index (κ3) is 3.90. The molecule has 0 atom stereocenters. The number of fused-ring (bicyclic) bond motifs is 16. The summed E-state index contributed by atoms with van der Waals surface area (Å²) in [5, 5.41) is -1.03. The second kappa shape index (κ2) is 11.2. The topological polar surface area (TPSA) is 48.5 Å². The molecule has 57 heavy (non-hydrogen) atoms. The van der Waals surface area contributed by atoms with Crippen molar-refractivity contribution in [2.75, 3.05) is 0 Å². The van der Waals surface area contributed by atoms with Gasteiger partial charge in [-0.15, -0.1) is 0 Å². The molecule has 0 fully saturated rings. The van der Waals surface area contributed by atoms with Crippen LogP contribution in [0, 0.1) is 0 Å². The molecule has 1 spiro atoms. The van der Waals surface area contributed by atoms with E-state index in [0.717, 1.165) is 48.1 Å². The Labute approximate surface area is 350 Å². The number of nitrogens with zero attached hydrogens (tertiary/aromatic N) is 5. The maximum Gasteiger partial charge on any atom is 0.240 e. The summed E-state index contributed by atoms with van der Waals surface area (Å²) < 4.78 is 146. The normalized spacial score (nSPS) is 17.3. The molecule has 3 heterocycles. The van der Waals surface area contributed by atoms with Crippen molar-refractivity contribution in [2.24, 2.45) is 0 Å². The molecule has 11 aromatic rings. The number of rotatable bonds is 3. The summed E-state index contributed by atoms with van der Waals surface area (Å²) in [5.41, 5.74) is 5.70. The molecular weight excluding hydrogens is 695 g/mol. The van der Waals surface area contributed by atoms with E-state index >= 15 is 0 Å². The molecule has 8 aromatic carbocycles. The van der Waals surface area contributed by atoms with Crippen LogP contribution in [0.2, 0.25) is 0 Å². The molecule has 5 heteroatoms. The van der Waals surface area contributed by atoms with Gasteiger partial charge in [-0.05, 0) is 68.7 Å². The zero-order valence-corrected chi connectivity index (χ0v) is 29.4. The average molecular weight is 742 g/mol. The largest absolute Gasteiger partial charge is 0.278 e. The molecule has 0 unspecified atom stereocenters. The molecule has 0 N–H and O–H groups in total. The highest BCUT2D eigenvalue weighted by Gasteiger charge is 2.52. The smallest absolute Gasteiger partial charge is 0.240 e. The highest BCUT2D eigenvalue weighted by atomic mass is 15.3. The Hall–Kier alpha value is -7.63. The van der Waals surface area contributed by atoms with Crippen LogP contribution in [0.5, 0.6) is 0 Å². The molecule has 0 saturated heterocycles. The van der Waals surface area contributed by atoms with Gasteiger partial charge in [0.15, 0.2) is 5.82 Å². The van der Waals surface area contributed by atoms with E-state index in [-0.39, 0.29) is 49.4 Å². The van der Waals surface area contributed by atoms with Gasteiger partial charge in [-0.1, -0.05) is 164 Å². The summed E-state index contributed by atoms with van der Waals surface area (Å²) >= 11 is 0. The van der Waals surface area contributed by atoms with E-state index < -0.39 is 114 Å². The van der Waals surface area contributed by atoms with Crippen molar-refractivity contribution < 1.29 is 21.9 Å². The summed E-state index contributed by atoms with van der Waals surface area (Å²) in [7, 11) is 0. The fourth-order valence-corrected chi connectivity index (χ4v) is 9.25. The predicted molar refractivity (Wildman–Crippen MR) is 230 cm³/mol. The second-order valence-corrected chi connectivity index (χ2v) is 13.9. The molecule has 0 aliphatic heterocycles. The van der Waals surface area contributed by atoms with Crippen molar-refractivity contribution >= 4 is 43.6 Å². The van der Waals surface area contributed by atoms with Gasteiger partial charge in [0.25, 0.3) is 0 Å². The van der Waals surface area contributed by atoms with Crippen molar-refractivity contribution in [1.82, 2.24) is 24.1 Å². The first-order chi connectivity index (χ1) is 34.9. The number of aromatic nitrogens is 5. The maximum atomic E-state index is 9.33. The first-order valence-electron chi connectivity index (χ1n) is 26.2. The molecule has 0 radical (unpaired) electrons. The standard InChI is InChI=1S/C52H31N5/c1-8-24-40-32(16-1)33-17-2-9-25-41(33)52(40)42-26-10-3-22-38(42)48-39(23-15-27-43(48)52)49-53-50(56-44-28-11-4-18-34(44)35-19-5-12-29-45(35)56)55-51(54-49)57-46-30-13-6-20-36(46)37-21-7-14-31-47(37)57/h1-31H/i4D,5D,6D,7D,11D,12D,13D,14D,18D,19D,20D,21D,28D,29D,30D,31D. The van der Waals surface area contributed by atoms with Crippen LogP contribution in [0.25, 0.3) is 89.2 Å². The van der Waals surface area contributed by atoms with Crippen molar-refractivity contribution in [3.05, 3.63) is 210 Å². The SMILES string of the molecule is [2H]c1c([2H])c([2H])c2c(c1[2H])c1c([2H])c([2H])c([2H])c([2H])c1n2-c1nc(-c2cccc3c2-c2ccccc2C32c3ccccc3-c3ccccc32)nc(-n2c3c([2H])c([2H])c([2H])c([2H])c3c3c([2H])c([2H])c([2H])c([2H])c32)n1. The summed E-state index contributed by atoms with van der Waals surface area (Å²) in [5.74, 6) is -1.03. The lowest BCUT2D eigenvalue weighted by Crippen LogP contribution is -2.25. The van der Waals surface area contributed by atoms with Crippen LogP contribution in [0.1, 0.15) is 44.2 Å². The minimum absolute atomic E-state index is 0.114. The van der Waals surface area contributed by atoms with E-state index in [1.807, 2.05) is 54.6 Å². The highest BCUT2D eigenvalue weighted by molar-refractivity contribution is 6.10. The van der Waals surface area contributed by atoms with Crippen molar-refractivity contribution in [3.8, 4) is 45.5 Å². The molecule has 2 aliphatic carbocycles. The lowest BCUT2D eigenvalue weighted by atomic mass is 9.70. The summed E-state index contributed by atoms with van der Waals surface area (Å²) in [6.07, 6.45) is 0. The lowest BCUT2D eigenvalue weighted by molar-refractivity contribution is 0.793.